The van der Waals surface area contributed by atoms with Gasteiger partial charge in [-0.25, -0.2) is 8.78 Å². The van der Waals surface area contributed by atoms with E-state index in [-0.39, 0.29) is 23.3 Å². The van der Waals surface area contributed by atoms with Gasteiger partial charge in [0, 0.05) is 24.1 Å². The van der Waals surface area contributed by atoms with Crippen LogP contribution in [-0.2, 0) is 4.74 Å². The van der Waals surface area contributed by atoms with Crippen molar-refractivity contribution in [1.29, 1.82) is 0 Å². The minimum atomic E-state index is -0.918. The average Bonchev–Trinajstić information content (AvgIpc) is 2.99. The molecule has 0 radical (unpaired) electrons. The SMILES string of the molecule is O=C(NCC1CCO1)c1n[nH]c2ccc(-c3cccc(F)c3F)cc12. The number of halogens is 2. The Labute approximate surface area is 142 Å². The largest absolute Gasteiger partial charge is 0.376 e. The Hall–Kier alpha value is -2.80. The fourth-order valence-electron chi connectivity index (χ4n) is 2.82. The first-order valence-corrected chi connectivity index (χ1v) is 7.96. The van der Waals surface area contributed by atoms with Gasteiger partial charge in [0.25, 0.3) is 5.91 Å². The summed E-state index contributed by atoms with van der Waals surface area (Å²) in [7, 11) is 0. The van der Waals surface area contributed by atoms with Crippen molar-refractivity contribution in [2.75, 3.05) is 13.2 Å². The molecule has 25 heavy (non-hydrogen) atoms. The molecule has 1 unspecified atom stereocenters. The fourth-order valence-corrected chi connectivity index (χ4v) is 2.82. The standard InChI is InChI=1S/C18H15F2N3O2/c19-14-3-1-2-12(16(14)20)10-4-5-15-13(8-10)17(23-22-15)18(24)21-9-11-6-7-25-11/h1-5,8,11H,6-7,9H2,(H,21,24)(H,22,23). The number of aromatic amines is 1. The van der Waals surface area contributed by atoms with Gasteiger partial charge in [-0.15, -0.1) is 0 Å². The summed E-state index contributed by atoms with van der Waals surface area (Å²) in [6.45, 7) is 1.14. The van der Waals surface area contributed by atoms with Crippen molar-refractivity contribution in [3.63, 3.8) is 0 Å². The zero-order valence-corrected chi connectivity index (χ0v) is 13.2. The van der Waals surface area contributed by atoms with E-state index in [4.69, 9.17) is 4.74 Å². The molecule has 1 atom stereocenters. The number of amides is 1. The lowest BCUT2D eigenvalue weighted by molar-refractivity contribution is -0.0473. The van der Waals surface area contributed by atoms with Crippen molar-refractivity contribution in [2.24, 2.45) is 0 Å². The maximum atomic E-state index is 14.0. The molecular formula is C18H15F2N3O2. The molecule has 0 spiro atoms. The van der Waals surface area contributed by atoms with Gasteiger partial charge in [-0.1, -0.05) is 18.2 Å². The molecule has 0 aliphatic carbocycles. The fraction of sp³-hybridized carbons (Fsp3) is 0.222. The summed E-state index contributed by atoms with van der Waals surface area (Å²) in [5, 5.41) is 10.2. The Morgan fingerprint density at radius 1 is 1.32 bits per heavy atom. The van der Waals surface area contributed by atoms with E-state index in [0.29, 0.717) is 29.6 Å². The summed E-state index contributed by atoms with van der Waals surface area (Å²) >= 11 is 0. The topological polar surface area (TPSA) is 67.0 Å². The third-order valence-electron chi connectivity index (χ3n) is 4.32. The lowest BCUT2D eigenvalue weighted by atomic mass is 10.0. The maximum Gasteiger partial charge on any atom is 0.272 e. The van der Waals surface area contributed by atoms with E-state index < -0.39 is 11.6 Å². The van der Waals surface area contributed by atoms with Crippen LogP contribution >= 0.6 is 0 Å². The highest BCUT2D eigenvalue weighted by Crippen LogP contribution is 2.28. The Morgan fingerprint density at radius 3 is 2.92 bits per heavy atom. The number of nitrogens with zero attached hydrogens (tertiary/aromatic N) is 1. The first kappa shape index (κ1) is 15.7. The van der Waals surface area contributed by atoms with E-state index in [1.165, 1.54) is 12.1 Å². The Bertz CT molecular complexity index is 951. The van der Waals surface area contributed by atoms with Gasteiger partial charge in [0.15, 0.2) is 17.3 Å². The third-order valence-corrected chi connectivity index (χ3v) is 4.32. The van der Waals surface area contributed by atoms with Crippen LogP contribution in [0, 0.1) is 11.6 Å². The van der Waals surface area contributed by atoms with Crippen LogP contribution in [0.15, 0.2) is 36.4 Å². The Morgan fingerprint density at radius 2 is 2.16 bits per heavy atom. The van der Waals surface area contributed by atoms with Crippen LogP contribution in [0.3, 0.4) is 0 Å². The molecule has 7 heteroatoms. The zero-order chi connectivity index (χ0) is 17.4. The van der Waals surface area contributed by atoms with E-state index in [0.717, 1.165) is 12.5 Å². The van der Waals surface area contributed by atoms with E-state index >= 15 is 0 Å². The molecule has 128 valence electrons. The Kier molecular flexibility index (Phi) is 3.93. The molecular weight excluding hydrogens is 328 g/mol. The van der Waals surface area contributed by atoms with E-state index in [2.05, 4.69) is 15.5 Å². The van der Waals surface area contributed by atoms with Gasteiger partial charge in [0.05, 0.1) is 11.6 Å². The molecule has 2 heterocycles. The number of aromatic nitrogens is 2. The number of rotatable bonds is 4. The number of carbonyl (C=O) groups excluding carboxylic acids is 1. The number of benzene rings is 2. The lowest BCUT2D eigenvalue weighted by Crippen LogP contribution is -2.39. The molecule has 4 rings (SSSR count). The van der Waals surface area contributed by atoms with Crippen molar-refractivity contribution in [3.05, 3.63) is 53.7 Å². The molecule has 1 saturated heterocycles. The summed E-state index contributed by atoms with van der Waals surface area (Å²) < 4.78 is 32.8. The molecule has 5 nitrogen and oxygen atoms in total. The Balaban J connectivity index is 1.67. The highest BCUT2D eigenvalue weighted by Gasteiger charge is 2.21. The van der Waals surface area contributed by atoms with Gasteiger partial charge in [-0.2, -0.15) is 5.10 Å². The minimum absolute atomic E-state index is 0.0473. The number of ether oxygens (including phenoxy) is 1. The maximum absolute atomic E-state index is 14.0. The van der Waals surface area contributed by atoms with Gasteiger partial charge >= 0.3 is 0 Å². The monoisotopic (exact) mass is 343 g/mol. The van der Waals surface area contributed by atoms with Gasteiger partial charge in [-0.05, 0) is 30.2 Å². The number of H-pyrrole nitrogens is 1. The summed E-state index contributed by atoms with van der Waals surface area (Å²) in [5.74, 6) is -2.17. The summed E-state index contributed by atoms with van der Waals surface area (Å²) in [6, 6.07) is 8.98. The van der Waals surface area contributed by atoms with Crippen LogP contribution in [0.25, 0.3) is 22.0 Å². The first-order chi connectivity index (χ1) is 12.1. The van der Waals surface area contributed by atoms with Crippen LogP contribution in [-0.4, -0.2) is 35.4 Å². The normalized spacial score (nSPS) is 16.6. The predicted octanol–water partition coefficient (Wildman–Crippen LogP) is 3.03. The van der Waals surface area contributed by atoms with E-state index in [1.54, 1.807) is 18.2 Å². The molecule has 2 aromatic carbocycles. The molecule has 1 aromatic heterocycles. The summed E-state index contributed by atoms with van der Waals surface area (Å²) in [6.07, 6.45) is 0.969. The summed E-state index contributed by atoms with van der Waals surface area (Å²) in [4.78, 5) is 12.3. The van der Waals surface area contributed by atoms with E-state index in [1.807, 2.05) is 0 Å². The van der Waals surface area contributed by atoms with E-state index in [9.17, 15) is 13.6 Å². The number of hydrogen-bond donors (Lipinski definition) is 2. The second kappa shape index (κ2) is 6.25. The highest BCUT2D eigenvalue weighted by molar-refractivity contribution is 6.05. The summed E-state index contributed by atoms with van der Waals surface area (Å²) in [5.41, 5.74) is 1.47. The van der Waals surface area contributed by atoms with Crippen molar-refractivity contribution < 1.29 is 18.3 Å². The highest BCUT2D eigenvalue weighted by atomic mass is 19.2. The first-order valence-electron chi connectivity index (χ1n) is 7.96. The van der Waals surface area contributed by atoms with Crippen LogP contribution in [0.4, 0.5) is 8.78 Å². The second-order valence-corrected chi connectivity index (χ2v) is 5.93. The van der Waals surface area contributed by atoms with Crippen molar-refractivity contribution in [3.8, 4) is 11.1 Å². The molecule has 0 bridgehead atoms. The van der Waals surface area contributed by atoms with Crippen molar-refractivity contribution in [2.45, 2.75) is 12.5 Å². The molecule has 1 aliphatic rings. The third kappa shape index (κ3) is 2.87. The van der Waals surface area contributed by atoms with Crippen LogP contribution in [0.5, 0.6) is 0 Å². The molecule has 1 aliphatic heterocycles. The smallest absolute Gasteiger partial charge is 0.272 e. The van der Waals surface area contributed by atoms with Crippen molar-refractivity contribution in [1.82, 2.24) is 15.5 Å². The van der Waals surface area contributed by atoms with Crippen molar-refractivity contribution >= 4 is 16.8 Å². The van der Waals surface area contributed by atoms with Crippen LogP contribution in [0.1, 0.15) is 16.9 Å². The number of fused-ring (bicyclic) bond motifs is 1. The number of hydrogen-bond acceptors (Lipinski definition) is 3. The van der Waals surface area contributed by atoms with Crippen LogP contribution in [0.2, 0.25) is 0 Å². The van der Waals surface area contributed by atoms with Gasteiger partial charge in [0.2, 0.25) is 0 Å². The number of carbonyl (C=O) groups is 1. The predicted molar refractivity (Wildman–Crippen MR) is 88.1 cm³/mol. The molecule has 2 N–H and O–H groups in total. The molecule has 0 saturated carbocycles. The molecule has 1 amide bonds. The van der Waals surface area contributed by atoms with Gasteiger partial charge in [-0.3, -0.25) is 9.89 Å². The minimum Gasteiger partial charge on any atom is -0.376 e. The quantitative estimate of drug-likeness (QED) is 0.765. The molecule has 3 aromatic rings. The number of nitrogens with one attached hydrogen (secondary N) is 2. The second-order valence-electron chi connectivity index (χ2n) is 5.93. The zero-order valence-electron chi connectivity index (χ0n) is 13.2. The average molecular weight is 343 g/mol. The van der Waals surface area contributed by atoms with Crippen LogP contribution < -0.4 is 5.32 Å². The lowest BCUT2D eigenvalue weighted by Gasteiger charge is -2.26. The van der Waals surface area contributed by atoms with Gasteiger partial charge < -0.3 is 10.1 Å². The molecule has 1 fully saturated rings. The van der Waals surface area contributed by atoms with Gasteiger partial charge in [0.1, 0.15) is 0 Å².